The number of amides is 1. The Labute approximate surface area is 140 Å². The van der Waals surface area contributed by atoms with E-state index in [0.717, 1.165) is 12.1 Å². The molecule has 0 saturated heterocycles. The summed E-state index contributed by atoms with van der Waals surface area (Å²) in [6.45, 7) is 1.37. The molecule has 1 aromatic carbocycles. The van der Waals surface area contributed by atoms with Gasteiger partial charge in [-0.2, -0.15) is 23.7 Å². The zero-order valence-electron chi connectivity index (χ0n) is 12.8. The lowest BCUT2D eigenvalue weighted by molar-refractivity contribution is -0.137. The van der Waals surface area contributed by atoms with Crippen LogP contribution in [0, 0.1) is 22.7 Å². The number of nitrogens with zero attached hydrogens (tertiary/aromatic N) is 3. The highest BCUT2D eigenvalue weighted by atomic mass is 19.4. The first-order chi connectivity index (χ1) is 11.8. The highest BCUT2D eigenvalue weighted by Crippen LogP contribution is 2.34. The lowest BCUT2D eigenvalue weighted by Gasteiger charge is -2.12. The number of carbonyl (C=O) groups is 1. The molecule has 126 valence electrons. The minimum atomic E-state index is -4.55. The Morgan fingerprint density at radius 1 is 1.28 bits per heavy atom. The van der Waals surface area contributed by atoms with Crippen LogP contribution in [0.4, 0.5) is 19.1 Å². The number of anilines is 1. The number of imidazole rings is 1. The molecular weight excluding hydrogens is 335 g/mol. The van der Waals surface area contributed by atoms with Gasteiger partial charge in [-0.25, -0.2) is 4.98 Å². The Morgan fingerprint density at radius 3 is 2.52 bits per heavy atom. The molecule has 0 bridgehead atoms. The molecular formula is C16H10F3N5O. The number of aromatic amines is 1. The highest BCUT2D eigenvalue weighted by molar-refractivity contribution is 6.03. The lowest BCUT2D eigenvalue weighted by Crippen LogP contribution is -2.11. The van der Waals surface area contributed by atoms with E-state index in [1.807, 2.05) is 0 Å². The van der Waals surface area contributed by atoms with E-state index < -0.39 is 17.6 Å². The van der Waals surface area contributed by atoms with Crippen LogP contribution >= 0.6 is 0 Å². The summed E-state index contributed by atoms with van der Waals surface area (Å²) in [5.74, 6) is -0.900. The second kappa shape index (κ2) is 6.89. The molecule has 0 aliphatic heterocycles. The maximum absolute atomic E-state index is 13.0. The third-order valence-corrected chi connectivity index (χ3v) is 3.17. The van der Waals surface area contributed by atoms with Gasteiger partial charge in [-0.3, -0.25) is 10.1 Å². The summed E-state index contributed by atoms with van der Waals surface area (Å²) in [7, 11) is 0. The summed E-state index contributed by atoms with van der Waals surface area (Å²) >= 11 is 0. The molecule has 0 radical (unpaired) electrons. The van der Waals surface area contributed by atoms with Gasteiger partial charge in [0.1, 0.15) is 12.1 Å². The van der Waals surface area contributed by atoms with Gasteiger partial charge < -0.3 is 4.98 Å². The molecule has 1 aromatic heterocycles. The first-order valence-electron chi connectivity index (χ1n) is 6.82. The number of allylic oxidation sites excluding steroid dienone is 1. The smallest absolute Gasteiger partial charge is 0.314 e. The third-order valence-electron chi connectivity index (χ3n) is 3.17. The summed E-state index contributed by atoms with van der Waals surface area (Å²) in [5, 5.41) is 19.8. The van der Waals surface area contributed by atoms with E-state index in [9.17, 15) is 18.0 Å². The van der Waals surface area contributed by atoms with Crippen molar-refractivity contribution in [2.75, 3.05) is 5.32 Å². The average molecular weight is 345 g/mol. The Kier molecular flexibility index (Phi) is 4.89. The van der Waals surface area contributed by atoms with Crippen LogP contribution in [0.25, 0.3) is 5.57 Å². The van der Waals surface area contributed by atoms with Crippen molar-refractivity contribution in [2.45, 2.75) is 13.1 Å². The van der Waals surface area contributed by atoms with Crippen molar-refractivity contribution in [3.05, 3.63) is 52.9 Å². The first kappa shape index (κ1) is 17.8. The molecule has 0 aliphatic rings. The monoisotopic (exact) mass is 345 g/mol. The van der Waals surface area contributed by atoms with Crippen LogP contribution in [-0.2, 0) is 11.0 Å². The van der Waals surface area contributed by atoms with E-state index in [4.69, 9.17) is 10.5 Å². The van der Waals surface area contributed by atoms with Gasteiger partial charge in [0, 0.05) is 6.08 Å². The van der Waals surface area contributed by atoms with Crippen molar-refractivity contribution < 1.29 is 18.0 Å². The van der Waals surface area contributed by atoms with Gasteiger partial charge >= 0.3 is 6.18 Å². The number of nitrogens with one attached hydrogen (secondary N) is 2. The maximum Gasteiger partial charge on any atom is 0.416 e. The van der Waals surface area contributed by atoms with Crippen molar-refractivity contribution in [1.82, 2.24) is 9.97 Å². The average Bonchev–Trinajstić information content (AvgIpc) is 2.95. The molecule has 1 heterocycles. The van der Waals surface area contributed by atoms with Crippen LogP contribution in [0.2, 0.25) is 0 Å². The number of rotatable bonds is 3. The van der Waals surface area contributed by atoms with Crippen LogP contribution in [0.15, 0.2) is 30.3 Å². The van der Waals surface area contributed by atoms with Crippen molar-refractivity contribution in [3.8, 4) is 12.1 Å². The number of benzene rings is 1. The first-order valence-corrected chi connectivity index (χ1v) is 6.82. The summed E-state index contributed by atoms with van der Waals surface area (Å²) in [5.41, 5.74) is -1.20. The Morgan fingerprint density at radius 2 is 1.96 bits per heavy atom. The minimum absolute atomic E-state index is 0.0954. The van der Waals surface area contributed by atoms with Gasteiger partial charge in [-0.15, -0.1) is 0 Å². The number of halogens is 3. The Bertz CT molecular complexity index is 897. The zero-order valence-corrected chi connectivity index (χ0v) is 12.8. The lowest BCUT2D eigenvalue weighted by atomic mass is 10.00. The van der Waals surface area contributed by atoms with Gasteiger partial charge in [0.25, 0.3) is 5.91 Å². The van der Waals surface area contributed by atoms with Crippen LogP contribution in [0.5, 0.6) is 0 Å². The molecule has 25 heavy (non-hydrogen) atoms. The van der Waals surface area contributed by atoms with Crippen molar-refractivity contribution in [1.29, 1.82) is 10.5 Å². The van der Waals surface area contributed by atoms with E-state index in [1.54, 1.807) is 12.1 Å². The molecule has 0 aliphatic carbocycles. The van der Waals surface area contributed by atoms with Gasteiger partial charge in [0.15, 0.2) is 11.4 Å². The number of aromatic nitrogens is 2. The fourth-order valence-electron chi connectivity index (χ4n) is 2.10. The van der Waals surface area contributed by atoms with Gasteiger partial charge in [0.05, 0.1) is 5.56 Å². The van der Waals surface area contributed by atoms with E-state index in [1.165, 1.54) is 25.1 Å². The maximum atomic E-state index is 13.0. The molecule has 2 rings (SSSR count). The molecule has 2 N–H and O–H groups in total. The number of alkyl halides is 3. The summed E-state index contributed by atoms with van der Waals surface area (Å²) < 4.78 is 39.0. The fraction of sp³-hybridized carbons (Fsp3) is 0.125. The van der Waals surface area contributed by atoms with E-state index in [2.05, 4.69) is 15.3 Å². The van der Waals surface area contributed by atoms with Crippen molar-refractivity contribution in [2.24, 2.45) is 0 Å². The molecule has 0 spiro atoms. The second-order valence-corrected chi connectivity index (χ2v) is 4.89. The molecule has 6 nitrogen and oxygen atoms in total. The fourth-order valence-corrected chi connectivity index (χ4v) is 2.10. The molecule has 0 atom stereocenters. The largest absolute Gasteiger partial charge is 0.416 e. The highest BCUT2D eigenvalue weighted by Gasteiger charge is 2.33. The predicted octanol–water partition coefficient (Wildman–Crippen LogP) is 3.21. The third kappa shape index (κ3) is 4.03. The van der Waals surface area contributed by atoms with Gasteiger partial charge in [0.2, 0.25) is 5.95 Å². The summed E-state index contributed by atoms with van der Waals surface area (Å²) in [4.78, 5) is 18.1. The quantitative estimate of drug-likeness (QED) is 0.833. The van der Waals surface area contributed by atoms with Crippen LogP contribution in [-0.4, -0.2) is 15.9 Å². The number of hydrogen-bond donors (Lipinski definition) is 2. The Balaban J connectivity index is 2.27. The summed E-state index contributed by atoms with van der Waals surface area (Å²) in [6, 6.07) is 8.25. The molecule has 1 amide bonds. The number of H-pyrrole nitrogens is 1. The standard InChI is InChI=1S/C16H10F3N5O/c1-9(10-4-2-3-5-11(10)16(17,18)19)6-14(25)24-15-22-12(7-20)13(8-21)23-15/h2-6H,1H3,(H2,22,23,24,25)/b9-6+. The normalized spacial score (nSPS) is 11.5. The SMILES string of the molecule is C/C(=C\C(=O)Nc1nc(C#N)c(C#N)[nH]1)c1ccccc1C(F)(F)F. The van der Waals surface area contributed by atoms with Crippen molar-refractivity contribution >= 4 is 17.4 Å². The van der Waals surface area contributed by atoms with Gasteiger partial charge in [-0.1, -0.05) is 18.2 Å². The number of hydrogen-bond acceptors (Lipinski definition) is 4. The molecule has 0 saturated carbocycles. The van der Waals surface area contributed by atoms with Crippen LogP contribution in [0.1, 0.15) is 29.4 Å². The topological polar surface area (TPSA) is 105 Å². The number of nitriles is 2. The molecule has 9 heteroatoms. The second-order valence-electron chi connectivity index (χ2n) is 4.89. The van der Waals surface area contributed by atoms with Crippen molar-refractivity contribution in [3.63, 3.8) is 0 Å². The molecule has 2 aromatic rings. The summed E-state index contributed by atoms with van der Waals surface area (Å²) in [6.07, 6.45) is -3.57. The predicted molar refractivity (Wildman–Crippen MR) is 81.7 cm³/mol. The van der Waals surface area contributed by atoms with E-state index >= 15 is 0 Å². The van der Waals surface area contributed by atoms with E-state index in [0.29, 0.717) is 0 Å². The minimum Gasteiger partial charge on any atom is -0.314 e. The van der Waals surface area contributed by atoms with Crippen LogP contribution < -0.4 is 5.32 Å². The number of carbonyl (C=O) groups excluding carboxylic acids is 1. The van der Waals surface area contributed by atoms with Crippen LogP contribution in [0.3, 0.4) is 0 Å². The Hall–Kier alpha value is -3.59. The van der Waals surface area contributed by atoms with Gasteiger partial charge in [-0.05, 0) is 24.1 Å². The molecule has 0 unspecified atom stereocenters. The zero-order chi connectivity index (χ0) is 18.6. The molecule has 0 fully saturated rings. The van der Waals surface area contributed by atoms with E-state index in [-0.39, 0.29) is 28.5 Å².